The Labute approximate surface area is 199 Å². The van der Waals surface area contributed by atoms with Crippen LogP contribution in [0.15, 0.2) is 42.5 Å². The predicted molar refractivity (Wildman–Crippen MR) is 127 cm³/mol. The molecule has 2 aromatic carbocycles. The molecule has 0 aliphatic carbocycles. The molecule has 0 bridgehead atoms. The van der Waals surface area contributed by atoms with Gasteiger partial charge < -0.3 is 20.3 Å². The van der Waals surface area contributed by atoms with Gasteiger partial charge in [-0.2, -0.15) is 4.98 Å². The molecule has 2 N–H and O–H groups in total. The minimum Gasteiger partial charge on any atom is -0.497 e. The van der Waals surface area contributed by atoms with Crippen molar-refractivity contribution in [2.45, 2.75) is 6.92 Å². The molecule has 1 amide bonds. The molecule has 5 rings (SSSR count). The zero-order valence-corrected chi connectivity index (χ0v) is 19.2. The maximum atomic E-state index is 14.9. The lowest BCUT2D eigenvalue weighted by Gasteiger charge is -2.34. The van der Waals surface area contributed by atoms with E-state index in [9.17, 15) is 13.6 Å². The number of nitrogens with zero attached hydrogens (tertiary/aromatic N) is 6. The van der Waals surface area contributed by atoms with E-state index in [1.54, 1.807) is 36.3 Å². The highest BCUT2D eigenvalue weighted by Gasteiger charge is 2.26. The fourth-order valence-corrected chi connectivity index (χ4v) is 4.16. The summed E-state index contributed by atoms with van der Waals surface area (Å²) in [5.74, 6) is -0.869. The highest BCUT2D eigenvalue weighted by Crippen LogP contribution is 2.35. The summed E-state index contributed by atoms with van der Waals surface area (Å²) in [5.41, 5.74) is 7.46. The lowest BCUT2D eigenvalue weighted by atomic mass is 10.1. The first-order valence-corrected chi connectivity index (χ1v) is 11.0. The number of carbonyl (C=O) groups excluding carboxylic acids is 1. The summed E-state index contributed by atoms with van der Waals surface area (Å²) < 4.78 is 35.7. The van der Waals surface area contributed by atoms with Crippen LogP contribution in [0.25, 0.3) is 28.0 Å². The summed E-state index contributed by atoms with van der Waals surface area (Å²) in [7, 11) is 1.57. The number of halogens is 2. The Morgan fingerprint density at radius 2 is 1.74 bits per heavy atom. The van der Waals surface area contributed by atoms with Crippen molar-refractivity contribution in [2.75, 3.05) is 43.9 Å². The van der Waals surface area contributed by atoms with E-state index in [2.05, 4.69) is 15.1 Å². The average molecular weight is 479 g/mol. The summed E-state index contributed by atoms with van der Waals surface area (Å²) in [4.78, 5) is 24.6. The van der Waals surface area contributed by atoms with Crippen molar-refractivity contribution in [3.8, 4) is 22.7 Å². The number of carbonyl (C=O) groups is 1. The molecule has 0 unspecified atom stereocenters. The summed E-state index contributed by atoms with van der Waals surface area (Å²) in [6.45, 7) is 3.51. The van der Waals surface area contributed by atoms with Crippen LogP contribution in [0, 0.1) is 11.6 Å². The fourth-order valence-electron chi connectivity index (χ4n) is 4.16. The van der Waals surface area contributed by atoms with Gasteiger partial charge in [-0.05, 0) is 36.4 Å². The third-order valence-corrected chi connectivity index (χ3v) is 6.09. The summed E-state index contributed by atoms with van der Waals surface area (Å²) >= 11 is 0. The van der Waals surface area contributed by atoms with Crippen LogP contribution in [-0.4, -0.2) is 63.8 Å². The van der Waals surface area contributed by atoms with Crippen molar-refractivity contribution in [3.05, 3.63) is 54.1 Å². The third-order valence-electron chi connectivity index (χ3n) is 6.09. The van der Waals surface area contributed by atoms with Crippen LogP contribution < -0.4 is 15.4 Å². The summed E-state index contributed by atoms with van der Waals surface area (Å²) in [6, 6.07) is 11.0. The van der Waals surface area contributed by atoms with Crippen LogP contribution in [0.3, 0.4) is 0 Å². The number of nitrogens with two attached hydrogens (primary N) is 1. The molecule has 35 heavy (non-hydrogen) atoms. The van der Waals surface area contributed by atoms with Gasteiger partial charge in [0.2, 0.25) is 11.9 Å². The van der Waals surface area contributed by atoms with Gasteiger partial charge >= 0.3 is 0 Å². The Morgan fingerprint density at radius 1 is 1.03 bits per heavy atom. The first kappa shape index (κ1) is 22.5. The van der Waals surface area contributed by atoms with Crippen molar-refractivity contribution in [2.24, 2.45) is 0 Å². The average Bonchev–Trinajstić information content (AvgIpc) is 3.21. The number of nitrogen functional groups attached to an aromatic ring is 1. The molecule has 3 heterocycles. The Morgan fingerprint density at radius 3 is 2.40 bits per heavy atom. The number of aromatic nitrogens is 4. The number of amides is 1. The van der Waals surface area contributed by atoms with E-state index in [4.69, 9.17) is 10.5 Å². The van der Waals surface area contributed by atoms with Gasteiger partial charge in [-0.15, -0.1) is 5.10 Å². The third kappa shape index (κ3) is 3.98. The van der Waals surface area contributed by atoms with Gasteiger partial charge in [-0.3, -0.25) is 4.79 Å². The number of benzene rings is 2. The predicted octanol–water partition coefficient (Wildman–Crippen LogP) is 3.02. The zero-order valence-electron chi connectivity index (χ0n) is 19.2. The molecule has 2 aromatic heterocycles. The minimum atomic E-state index is -1.03. The highest BCUT2D eigenvalue weighted by molar-refractivity contribution is 5.99. The Bertz CT molecular complexity index is 1410. The van der Waals surface area contributed by atoms with E-state index < -0.39 is 11.6 Å². The second kappa shape index (κ2) is 8.82. The van der Waals surface area contributed by atoms with Crippen LogP contribution in [0.1, 0.15) is 6.92 Å². The van der Waals surface area contributed by atoms with Crippen LogP contribution >= 0.6 is 0 Å². The van der Waals surface area contributed by atoms with Crippen LogP contribution in [0.4, 0.5) is 20.5 Å². The molecule has 0 saturated carbocycles. The van der Waals surface area contributed by atoms with Crippen molar-refractivity contribution >= 4 is 28.7 Å². The molecule has 11 heteroatoms. The van der Waals surface area contributed by atoms with Gasteiger partial charge in [-0.1, -0.05) is 6.07 Å². The van der Waals surface area contributed by atoms with E-state index >= 15 is 0 Å². The maximum Gasteiger partial charge on any atom is 0.228 e. The molecular formula is C24H23F2N7O2. The fraction of sp³-hybridized carbons (Fsp3) is 0.250. The zero-order chi connectivity index (χ0) is 24.7. The van der Waals surface area contributed by atoms with Gasteiger partial charge in [0, 0.05) is 38.7 Å². The van der Waals surface area contributed by atoms with Crippen LogP contribution in [0.5, 0.6) is 5.75 Å². The lowest BCUT2D eigenvalue weighted by molar-refractivity contribution is -0.129. The van der Waals surface area contributed by atoms with E-state index in [0.29, 0.717) is 49.0 Å². The number of hydrogen-bond acceptors (Lipinski definition) is 7. The standard InChI is InChI=1S/C24H23F2N7O2/c1-14(34)31-10-12-32(13-11-31)24-28-21(17-4-3-5-18(25)20(17)26)19-22(27)33(30-23(19)29-24)15-6-8-16(35-2)9-7-15/h3-9H,10-13,27H2,1-2H3. The van der Waals surface area contributed by atoms with E-state index in [1.807, 2.05) is 4.90 Å². The van der Waals surface area contributed by atoms with Crippen LogP contribution in [-0.2, 0) is 4.79 Å². The molecule has 9 nitrogen and oxygen atoms in total. The first-order valence-electron chi connectivity index (χ1n) is 11.0. The molecule has 1 saturated heterocycles. The highest BCUT2D eigenvalue weighted by atomic mass is 19.2. The van der Waals surface area contributed by atoms with Gasteiger partial charge in [0.25, 0.3) is 0 Å². The second-order valence-electron chi connectivity index (χ2n) is 8.16. The van der Waals surface area contributed by atoms with Crippen molar-refractivity contribution in [3.63, 3.8) is 0 Å². The summed E-state index contributed by atoms with van der Waals surface area (Å²) in [5, 5.41) is 4.88. The van der Waals surface area contributed by atoms with E-state index in [-0.39, 0.29) is 28.6 Å². The Kier molecular flexibility index (Phi) is 5.67. The Hall–Kier alpha value is -4.28. The van der Waals surface area contributed by atoms with Crippen LogP contribution in [0.2, 0.25) is 0 Å². The van der Waals surface area contributed by atoms with E-state index in [1.165, 1.54) is 23.7 Å². The molecule has 180 valence electrons. The molecule has 1 fully saturated rings. The topological polar surface area (TPSA) is 102 Å². The molecule has 1 aliphatic rings. The lowest BCUT2D eigenvalue weighted by Crippen LogP contribution is -2.48. The number of ether oxygens (including phenoxy) is 1. The number of hydrogen-bond donors (Lipinski definition) is 1. The molecule has 0 spiro atoms. The van der Waals surface area contributed by atoms with Crippen molar-refractivity contribution < 1.29 is 18.3 Å². The largest absolute Gasteiger partial charge is 0.497 e. The monoisotopic (exact) mass is 479 g/mol. The number of anilines is 2. The van der Waals surface area contributed by atoms with E-state index in [0.717, 1.165) is 6.07 Å². The van der Waals surface area contributed by atoms with Gasteiger partial charge in [-0.25, -0.2) is 18.4 Å². The second-order valence-corrected chi connectivity index (χ2v) is 8.16. The van der Waals surface area contributed by atoms with Gasteiger partial charge in [0.1, 0.15) is 11.6 Å². The molecule has 0 radical (unpaired) electrons. The normalized spacial score (nSPS) is 13.9. The molecule has 0 atom stereocenters. The summed E-state index contributed by atoms with van der Waals surface area (Å²) in [6.07, 6.45) is 0. The number of rotatable bonds is 4. The number of fused-ring (bicyclic) bond motifs is 1. The molecule has 4 aromatic rings. The van der Waals surface area contributed by atoms with Crippen molar-refractivity contribution in [1.82, 2.24) is 24.6 Å². The quantitative estimate of drug-likeness (QED) is 0.480. The number of methoxy groups -OCH3 is 1. The minimum absolute atomic E-state index is 0.00505. The van der Waals surface area contributed by atoms with Gasteiger partial charge in [0.15, 0.2) is 17.3 Å². The van der Waals surface area contributed by atoms with Crippen molar-refractivity contribution in [1.29, 1.82) is 0 Å². The Balaban J connectivity index is 1.67. The first-order chi connectivity index (χ1) is 16.9. The van der Waals surface area contributed by atoms with Gasteiger partial charge in [0.05, 0.1) is 23.9 Å². The molecule has 1 aliphatic heterocycles. The maximum absolute atomic E-state index is 14.9. The smallest absolute Gasteiger partial charge is 0.228 e. The number of piperazine rings is 1. The molecular weight excluding hydrogens is 456 g/mol. The SMILES string of the molecule is COc1ccc(-n2nc3nc(N4CCN(C(C)=O)CC4)nc(-c4cccc(F)c4F)c3c2N)cc1.